The summed E-state index contributed by atoms with van der Waals surface area (Å²) in [5.74, 6) is -0.165. The van der Waals surface area contributed by atoms with Crippen molar-refractivity contribution >= 4 is 23.2 Å². The van der Waals surface area contributed by atoms with E-state index in [1.165, 1.54) is 33.7 Å². The standard InChI is InChI=1S/C29H32FN3O2S/c1-20-5-3-4-6-24(20)28-25-12-18-36-26(25)11-13-33(28)21(2)29(35)32-16-14-31(15-17-32)27(34)19-22-7-9-23(30)10-8-22/h3-10,12,18,21,28H,11,13-17,19H2,1-2H3/t21-,28+/m1/s1. The molecular formula is C29H32FN3O2S. The van der Waals surface area contributed by atoms with E-state index in [0.717, 1.165) is 18.5 Å². The fourth-order valence-electron chi connectivity index (χ4n) is 5.46. The molecule has 0 bridgehead atoms. The Balaban J connectivity index is 1.25. The fraction of sp³-hybridized carbons (Fsp3) is 0.379. The summed E-state index contributed by atoms with van der Waals surface area (Å²) in [6.07, 6.45) is 1.21. The summed E-state index contributed by atoms with van der Waals surface area (Å²) in [6.45, 7) is 7.12. The summed E-state index contributed by atoms with van der Waals surface area (Å²) in [5, 5.41) is 2.16. The molecule has 0 aliphatic carbocycles. The van der Waals surface area contributed by atoms with Crippen LogP contribution in [0.15, 0.2) is 60.0 Å². The lowest BCUT2D eigenvalue weighted by atomic mass is 9.89. The van der Waals surface area contributed by atoms with Crippen molar-refractivity contribution in [2.45, 2.75) is 38.8 Å². The molecule has 3 heterocycles. The summed E-state index contributed by atoms with van der Waals surface area (Å²) in [5.41, 5.74) is 4.61. The Bertz CT molecular complexity index is 1230. The van der Waals surface area contributed by atoms with E-state index in [1.54, 1.807) is 23.5 Å². The molecule has 3 aromatic rings. The predicted octanol–water partition coefficient (Wildman–Crippen LogP) is 4.45. The van der Waals surface area contributed by atoms with Crippen molar-refractivity contribution in [3.8, 4) is 0 Å². The third-order valence-electron chi connectivity index (χ3n) is 7.55. The second-order valence-electron chi connectivity index (χ2n) is 9.73. The van der Waals surface area contributed by atoms with Crippen LogP contribution in [0.2, 0.25) is 0 Å². The molecule has 1 aromatic heterocycles. The fourth-order valence-corrected chi connectivity index (χ4v) is 6.37. The van der Waals surface area contributed by atoms with Crippen LogP contribution in [-0.2, 0) is 22.4 Å². The molecule has 0 saturated carbocycles. The van der Waals surface area contributed by atoms with Gasteiger partial charge in [0.05, 0.1) is 18.5 Å². The van der Waals surface area contributed by atoms with Crippen LogP contribution in [0, 0.1) is 12.7 Å². The summed E-state index contributed by atoms with van der Waals surface area (Å²) in [7, 11) is 0. The van der Waals surface area contributed by atoms with Crippen LogP contribution < -0.4 is 0 Å². The highest BCUT2D eigenvalue weighted by molar-refractivity contribution is 7.10. The molecule has 5 rings (SSSR count). The Hall–Kier alpha value is -3.03. The number of hydrogen-bond donors (Lipinski definition) is 0. The number of aryl methyl sites for hydroxylation is 1. The summed E-state index contributed by atoms with van der Waals surface area (Å²) >= 11 is 1.81. The molecule has 0 radical (unpaired) electrons. The monoisotopic (exact) mass is 505 g/mol. The number of thiophene rings is 1. The highest BCUT2D eigenvalue weighted by Gasteiger charge is 2.37. The van der Waals surface area contributed by atoms with E-state index in [4.69, 9.17) is 0 Å². The van der Waals surface area contributed by atoms with Gasteiger partial charge in [0.25, 0.3) is 0 Å². The van der Waals surface area contributed by atoms with Crippen LogP contribution in [0.25, 0.3) is 0 Å². The van der Waals surface area contributed by atoms with Gasteiger partial charge in [0.1, 0.15) is 5.82 Å². The largest absolute Gasteiger partial charge is 0.339 e. The lowest BCUT2D eigenvalue weighted by molar-refractivity contribution is -0.143. The van der Waals surface area contributed by atoms with E-state index in [-0.39, 0.29) is 36.1 Å². The maximum absolute atomic E-state index is 13.7. The number of rotatable bonds is 5. The van der Waals surface area contributed by atoms with Gasteiger partial charge in [-0.25, -0.2) is 4.39 Å². The van der Waals surface area contributed by atoms with Gasteiger partial charge in [-0.05, 0) is 66.1 Å². The van der Waals surface area contributed by atoms with E-state index in [9.17, 15) is 14.0 Å². The van der Waals surface area contributed by atoms with Crippen LogP contribution in [0.5, 0.6) is 0 Å². The highest BCUT2D eigenvalue weighted by Crippen LogP contribution is 2.40. The molecule has 1 saturated heterocycles. The lowest BCUT2D eigenvalue weighted by Crippen LogP contribution is -2.56. The van der Waals surface area contributed by atoms with Crippen LogP contribution in [-0.4, -0.2) is 65.3 Å². The van der Waals surface area contributed by atoms with Crippen molar-refractivity contribution in [3.05, 3.63) is 92.9 Å². The van der Waals surface area contributed by atoms with E-state index < -0.39 is 0 Å². The van der Waals surface area contributed by atoms with E-state index >= 15 is 0 Å². The number of halogens is 1. The number of carbonyl (C=O) groups is 2. The molecule has 5 nitrogen and oxygen atoms in total. The normalized spacial score (nSPS) is 19.1. The van der Waals surface area contributed by atoms with E-state index in [0.29, 0.717) is 26.2 Å². The molecule has 2 aliphatic heterocycles. The third-order valence-corrected chi connectivity index (χ3v) is 8.55. The average Bonchev–Trinajstić information content (AvgIpc) is 3.38. The van der Waals surface area contributed by atoms with Gasteiger partial charge in [0.2, 0.25) is 11.8 Å². The molecule has 7 heteroatoms. The van der Waals surface area contributed by atoms with Crippen molar-refractivity contribution in [1.82, 2.24) is 14.7 Å². The highest BCUT2D eigenvalue weighted by atomic mass is 32.1. The Morgan fingerprint density at radius 1 is 0.944 bits per heavy atom. The van der Waals surface area contributed by atoms with Crippen molar-refractivity contribution in [3.63, 3.8) is 0 Å². The van der Waals surface area contributed by atoms with Crippen molar-refractivity contribution in [2.75, 3.05) is 32.7 Å². The van der Waals surface area contributed by atoms with Crippen molar-refractivity contribution in [2.24, 2.45) is 0 Å². The molecule has 2 aliphatic rings. The number of nitrogens with zero attached hydrogens (tertiary/aromatic N) is 3. The van der Waals surface area contributed by atoms with Gasteiger partial charge in [-0.2, -0.15) is 0 Å². The number of amides is 2. The first-order valence-electron chi connectivity index (χ1n) is 12.6. The van der Waals surface area contributed by atoms with Crippen LogP contribution in [0.1, 0.15) is 40.1 Å². The second-order valence-corrected chi connectivity index (χ2v) is 10.7. The zero-order chi connectivity index (χ0) is 25.2. The zero-order valence-electron chi connectivity index (χ0n) is 20.8. The van der Waals surface area contributed by atoms with Crippen molar-refractivity contribution < 1.29 is 14.0 Å². The van der Waals surface area contributed by atoms with Gasteiger partial charge in [-0.1, -0.05) is 36.4 Å². The number of piperazine rings is 1. The molecule has 0 spiro atoms. The predicted molar refractivity (Wildman–Crippen MR) is 140 cm³/mol. The Labute approximate surface area is 216 Å². The minimum atomic E-state index is -0.305. The Kier molecular flexibility index (Phi) is 7.21. The maximum atomic E-state index is 13.7. The second kappa shape index (κ2) is 10.5. The molecule has 1 fully saturated rings. The van der Waals surface area contributed by atoms with Crippen LogP contribution in [0.3, 0.4) is 0 Å². The molecular weight excluding hydrogens is 473 g/mol. The number of hydrogen-bond acceptors (Lipinski definition) is 4. The minimum Gasteiger partial charge on any atom is -0.339 e. The SMILES string of the molecule is Cc1ccccc1[C@H]1c2ccsc2CCN1[C@H](C)C(=O)N1CCN(C(=O)Cc2ccc(F)cc2)CC1. The summed E-state index contributed by atoms with van der Waals surface area (Å²) < 4.78 is 13.2. The average molecular weight is 506 g/mol. The number of benzene rings is 2. The van der Waals surface area contributed by atoms with Crippen molar-refractivity contribution in [1.29, 1.82) is 0 Å². The molecule has 2 aromatic carbocycles. The van der Waals surface area contributed by atoms with Crippen LogP contribution >= 0.6 is 11.3 Å². The first-order chi connectivity index (χ1) is 17.4. The molecule has 2 atom stereocenters. The maximum Gasteiger partial charge on any atom is 0.239 e. The van der Waals surface area contributed by atoms with Gasteiger partial charge in [0, 0.05) is 37.6 Å². The van der Waals surface area contributed by atoms with E-state index in [1.807, 2.05) is 16.7 Å². The van der Waals surface area contributed by atoms with Gasteiger partial charge >= 0.3 is 0 Å². The topological polar surface area (TPSA) is 43.9 Å². The van der Waals surface area contributed by atoms with Gasteiger partial charge in [0.15, 0.2) is 0 Å². The number of fused-ring (bicyclic) bond motifs is 1. The molecule has 36 heavy (non-hydrogen) atoms. The van der Waals surface area contributed by atoms with Gasteiger partial charge in [-0.3, -0.25) is 14.5 Å². The first-order valence-corrected chi connectivity index (χ1v) is 13.5. The van der Waals surface area contributed by atoms with Crippen LogP contribution in [0.4, 0.5) is 4.39 Å². The van der Waals surface area contributed by atoms with Gasteiger partial charge < -0.3 is 9.80 Å². The smallest absolute Gasteiger partial charge is 0.239 e. The quantitative estimate of drug-likeness (QED) is 0.515. The third kappa shape index (κ3) is 4.95. The summed E-state index contributed by atoms with van der Waals surface area (Å²) in [6, 6.07) is 16.5. The lowest BCUT2D eigenvalue weighted by Gasteiger charge is -2.43. The summed E-state index contributed by atoms with van der Waals surface area (Å²) in [4.78, 5) is 33.9. The molecule has 188 valence electrons. The number of carbonyl (C=O) groups excluding carboxylic acids is 2. The first kappa shape index (κ1) is 24.7. The molecule has 2 amide bonds. The molecule has 0 unspecified atom stereocenters. The minimum absolute atomic E-state index is 0.0161. The zero-order valence-corrected chi connectivity index (χ0v) is 21.6. The Morgan fingerprint density at radius 3 is 2.36 bits per heavy atom. The van der Waals surface area contributed by atoms with Gasteiger partial charge in [-0.15, -0.1) is 11.3 Å². The molecule has 0 N–H and O–H groups in total. The van der Waals surface area contributed by atoms with E-state index in [2.05, 4.69) is 47.5 Å². The Morgan fingerprint density at radius 2 is 1.64 bits per heavy atom.